The first-order valence-corrected chi connectivity index (χ1v) is 9.79. The van der Waals surface area contributed by atoms with Crippen LogP contribution in [0, 0.1) is 5.92 Å². The van der Waals surface area contributed by atoms with Crippen molar-refractivity contribution < 1.29 is 14.8 Å². The highest BCUT2D eigenvalue weighted by atomic mass is 16.4. The summed E-state index contributed by atoms with van der Waals surface area (Å²) in [6, 6.07) is 10.9. The van der Waals surface area contributed by atoms with Crippen LogP contribution in [-0.2, 0) is 4.79 Å². The van der Waals surface area contributed by atoms with Crippen LogP contribution in [0.4, 0.5) is 0 Å². The van der Waals surface area contributed by atoms with Gasteiger partial charge in [0.15, 0.2) is 0 Å². The second-order valence-corrected chi connectivity index (χ2v) is 7.72. The van der Waals surface area contributed by atoms with E-state index in [1.165, 1.54) is 5.56 Å². The molecular weight excluding hydrogens is 327 g/mol. The third kappa shape index (κ3) is 5.40. The van der Waals surface area contributed by atoms with Gasteiger partial charge in [-0.15, -0.1) is 0 Å². The number of carbonyl (C=O) groups is 1. The molecule has 1 aliphatic heterocycles. The number of Topliss-reactive ketones (excluding diaryl/α,β-unsaturated/α-hetero) is 1. The molecule has 2 atom stereocenters. The molecule has 4 N–H and O–H groups in total. The Morgan fingerprint density at radius 2 is 1.88 bits per heavy atom. The van der Waals surface area contributed by atoms with Gasteiger partial charge in [0.25, 0.3) is 0 Å². The molecule has 0 amide bonds. The minimum Gasteiger partial charge on any atom is -0.427 e. The van der Waals surface area contributed by atoms with Crippen LogP contribution in [0.15, 0.2) is 30.3 Å². The largest absolute Gasteiger partial charge is 0.451 e. The van der Waals surface area contributed by atoms with Crippen molar-refractivity contribution in [1.29, 1.82) is 0 Å². The molecule has 0 saturated carbocycles. The lowest BCUT2D eigenvalue weighted by atomic mass is 9.72. The molecule has 0 aromatic heterocycles. The van der Waals surface area contributed by atoms with E-state index in [4.69, 9.17) is 15.8 Å². The van der Waals surface area contributed by atoms with Gasteiger partial charge >= 0.3 is 7.12 Å². The lowest BCUT2D eigenvalue weighted by Gasteiger charge is -2.43. The summed E-state index contributed by atoms with van der Waals surface area (Å²) in [4.78, 5) is 14.8. The fourth-order valence-corrected chi connectivity index (χ4v) is 4.16. The Morgan fingerprint density at radius 1 is 1.27 bits per heavy atom. The highest BCUT2D eigenvalue weighted by molar-refractivity contribution is 6.40. The zero-order valence-corrected chi connectivity index (χ0v) is 16.1. The summed E-state index contributed by atoms with van der Waals surface area (Å²) in [5.74, 6) is 0.245. The number of nitrogens with zero attached hydrogens (tertiary/aromatic N) is 1. The number of piperidine rings is 1. The van der Waals surface area contributed by atoms with E-state index in [2.05, 4.69) is 36.1 Å². The highest BCUT2D eigenvalue weighted by Gasteiger charge is 2.40. The van der Waals surface area contributed by atoms with Gasteiger partial charge in [0.05, 0.1) is 5.54 Å². The minimum atomic E-state index is -1.28. The fraction of sp³-hybridized carbons (Fsp3) is 0.650. The number of ketones is 1. The van der Waals surface area contributed by atoms with Crippen LogP contribution >= 0.6 is 0 Å². The maximum absolute atomic E-state index is 12.3. The smallest absolute Gasteiger partial charge is 0.427 e. The zero-order valence-electron chi connectivity index (χ0n) is 16.1. The van der Waals surface area contributed by atoms with Crippen molar-refractivity contribution in [2.24, 2.45) is 11.7 Å². The molecule has 0 spiro atoms. The van der Waals surface area contributed by atoms with Crippen molar-refractivity contribution in [3.05, 3.63) is 35.9 Å². The molecule has 1 aromatic carbocycles. The van der Waals surface area contributed by atoms with Crippen molar-refractivity contribution in [3.63, 3.8) is 0 Å². The Hall–Kier alpha value is -1.21. The van der Waals surface area contributed by atoms with Crippen molar-refractivity contribution in [3.8, 4) is 0 Å². The maximum Gasteiger partial charge on any atom is 0.451 e. The number of hydrogen-bond donors (Lipinski definition) is 3. The predicted octanol–water partition coefficient (Wildman–Crippen LogP) is 2.39. The van der Waals surface area contributed by atoms with E-state index in [-0.39, 0.29) is 11.7 Å². The quantitative estimate of drug-likeness (QED) is 0.465. The van der Waals surface area contributed by atoms with E-state index in [1.54, 1.807) is 6.92 Å². The van der Waals surface area contributed by atoms with Gasteiger partial charge in [0, 0.05) is 6.04 Å². The van der Waals surface area contributed by atoms with Crippen LogP contribution in [0.3, 0.4) is 0 Å². The second kappa shape index (κ2) is 9.65. The number of rotatable bonds is 9. The third-order valence-corrected chi connectivity index (χ3v) is 6.05. The average Bonchev–Trinajstić information content (AvgIpc) is 2.65. The minimum absolute atomic E-state index is 0.0524. The zero-order chi connectivity index (χ0) is 19.2. The van der Waals surface area contributed by atoms with E-state index >= 15 is 0 Å². The highest BCUT2D eigenvalue weighted by Crippen LogP contribution is 2.34. The van der Waals surface area contributed by atoms with Gasteiger partial charge in [-0.25, -0.2) is 0 Å². The molecule has 144 valence electrons. The van der Waals surface area contributed by atoms with Crippen LogP contribution in [-0.4, -0.2) is 46.5 Å². The molecule has 1 fully saturated rings. The Morgan fingerprint density at radius 3 is 2.42 bits per heavy atom. The molecule has 1 aliphatic rings. The number of likely N-dealkylation sites (tertiary alicyclic amines) is 1. The first-order chi connectivity index (χ1) is 12.3. The van der Waals surface area contributed by atoms with Gasteiger partial charge in [0.1, 0.15) is 5.78 Å². The standard InChI is InChI=1S/C20H33BN2O3/c1-16(18-8-4-3-5-9-18)23-14-10-19(11-15-23)20(22,17(2)24)12-6-7-13-21(25)26/h3-5,8-9,16,19,25-26H,6-7,10-15,22H2,1-2H3/t16?,20-/m0/s1. The van der Waals surface area contributed by atoms with E-state index < -0.39 is 12.7 Å². The number of carbonyl (C=O) groups excluding carboxylic acids is 1. The van der Waals surface area contributed by atoms with Gasteiger partial charge < -0.3 is 15.8 Å². The first kappa shape index (κ1) is 21.1. The summed E-state index contributed by atoms with van der Waals surface area (Å²) < 4.78 is 0. The van der Waals surface area contributed by atoms with Gasteiger partial charge in [-0.2, -0.15) is 0 Å². The van der Waals surface area contributed by atoms with E-state index in [0.717, 1.165) is 32.4 Å². The van der Waals surface area contributed by atoms with Gasteiger partial charge in [-0.3, -0.25) is 9.69 Å². The molecule has 5 nitrogen and oxygen atoms in total. The molecule has 2 rings (SSSR count). The Bertz CT molecular complexity index is 561. The summed E-state index contributed by atoms with van der Waals surface area (Å²) in [5, 5.41) is 17.9. The summed E-state index contributed by atoms with van der Waals surface area (Å²) in [7, 11) is -1.28. The summed E-state index contributed by atoms with van der Waals surface area (Å²) in [6.07, 6.45) is 4.23. The van der Waals surface area contributed by atoms with Crippen molar-refractivity contribution in [1.82, 2.24) is 4.90 Å². The number of hydrogen-bond acceptors (Lipinski definition) is 5. The molecule has 6 heteroatoms. The molecule has 1 unspecified atom stereocenters. The van der Waals surface area contributed by atoms with Crippen molar-refractivity contribution in [2.75, 3.05) is 13.1 Å². The molecule has 0 aliphatic carbocycles. The van der Waals surface area contributed by atoms with Crippen molar-refractivity contribution >= 4 is 12.9 Å². The fourth-order valence-electron chi connectivity index (χ4n) is 4.16. The number of nitrogens with two attached hydrogens (primary N) is 1. The Balaban J connectivity index is 1.91. The molecule has 0 radical (unpaired) electrons. The molecular formula is C20H33BN2O3. The van der Waals surface area contributed by atoms with Crippen LogP contribution in [0.5, 0.6) is 0 Å². The Kier molecular flexibility index (Phi) is 7.83. The van der Waals surface area contributed by atoms with Crippen LogP contribution in [0.25, 0.3) is 0 Å². The maximum atomic E-state index is 12.3. The lowest BCUT2D eigenvalue weighted by molar-refractivity contribution is -0.125. The van der Waals surface area contributed by atoms with Crippen molar-refractivity contribution in [2.45, 2.75) is 63.9 Å². The van der Waals surface area contributed by atoms with Crippen LogP contribution in [0.2, 0.25) is 6.32 Å². The SMILES string of the molecule is CC(=O)[C@@](N)(CCCCB(O)O)C1CCN(C(C)c2ccccc2)CC1. The molecule has 26 heavy (non-hydrogen) atoms. The lowest BCUT2D eigenvalue weighted by Crippen LogP contribution is -2.56. The predicted molar refractivity (Wildman–Crippen MR) is 106 cm³/mol. The Labute approximate surface area is 157 Å². The molecule has 1 heterocycles. The molecule has 1 aromatic rings. The second-order valence-electron chi connectivity index (χ2n) is 7.72. The number of unbranched alkanes of at least 4 members (excludes halogenated alkanes) is 1. The monoisotopic (exact) mass is 360 g/mol. The summed E-state index contributed by atoms with van der Waals surface area (Å²) in [6.45, 7) is 5.72. The molecule has 0 bridgehead atoms. The van der Waals surface area contributed by atoms with Gasteiger partial charge in [-0.1, -0.05) is 43.2 Å². The van der Waals surface area contributed by atoms with Crippen LogP contribution in [0.1, 0.15) is 57.6 Å². The van der Waals surface area contributed by atoms with Gasteiger partial charge in [0.2, 0.25) is 0 Å². The first-order valence-electron chi connectivity index (χ1n) is 9.79. The average molecular weight is 360 g/mol. The van der Waals surface area contributed by atoms with E-state index in [1.807, 2.05) is 6.07 Å². The summed E-state index contributed by atoms with van der Waals surface area (Å²) >= 11 is 0. The number of benzene rings is 1. The third-order valence-electron chi connectivity index (χ3n) is 6.05. The van der Waals surface area contributed by atoms with E-state index in [9.17, 15) is 4.79 Å². The topological polar surface area (TPSA) is 86.8 Å². The van der Waals surface area contributed by atoms with Crippen LogP contribution < -0.4 is 5.73 Å². The van der Waals surface area contributed by atoms with Gasteiger partial charge in [-0.05, 0) is 64.0 Å². The normalized spacial score (nSPS) is 19.7. The molecule has 1 saturated heterocycles. The van der Waals surface area contributed by atoms with E-state index in [0.29, 0.717) is 25.2 Å². The summed E-state index contributed by atoms with van der Waals surface area (Å²) in [5.41, 5.74) is 7.10.